The van der Waals surface area contributed by atoms with E-state index in [9.17, 15) is 4.79 Å². The van der Waals surface area contributed by atoms with Crippen molar-refractivity contribution in [2.24, 2.45) is 5.92 Å². The third kappa shape index (κ3) is 7.16. The van der Waals surface area contributed by atoms with E-state index in [-0.39, 0.29) is 18.5 Å². The monoisotopic (exact) mass is 465 g/mol. The van der Waals surface area contributed by atoms with Gasteiger partial charge in [-0.15, -0.1) is 12.4 Å². The van der Waals surface area contributed by atoms with Gasteiger partial charge < -0.3 is 14.7 Å². The SMILES string of the molecule is Cl.O=C(O)c1ccc(CCN2CCC(COC(c3ccccc3)c3ccccc3)CC2)cc1. The number of carboxylic acid groups (broad SMARTS) is 1. The first-order chi connectivity index (χ1) is 15.7. The normalized spacial score (nSPS) is 14.7. The molecule has 1 fully saturated rings. The van der Waals surface area contributed by atoms with Gasteiger partial charge in [-0.1, -0.05) is 72.8 Å². The average molecular weight is 466 g/mol. The highest BCUT2D eigenvalue weighted by Crippen LogP contribution is 2.28. The molecule has 3 aromatic rings. The van der Waals surface area contributed by atoms with Gasteiger partial charge in [-0.05, 0) is 67.1 Å². The molecule has 0 unspecified atom stereocenters. The Labute approximate surface area is 202 Å². The minimum Gasteiger partial charge on any atom is -0.478 e. The van der Waals surface area contributed by atoms with Crippen LogP contribution in [0.4, 0.5) is 0 Å². The minimum absolute atomic E-state index is 0. The van der Waals surface area contributed by atoms with Gasteiger partial charge >= 0.3 is 5.97 Å². The van der Waals surface area contributed by atoms with E-state index >= 15 is 0 Å². The molecule has 0 amide bonds. The molecule has 5 heteroatoms. The van der Waals surface area contributed by atoms with Gasteiger partial charge in [0.2, 0.25) is 0 Å². The lowest BCUT2D eigenvalue weighted by Gasteiger charge is -2.32. The first-order valence-corrected chi connectivity index (χ1v) is 11.4. The van der Waals surface area contributed by atoms with E-state index in [1.54, 1.807) is 12.1 Å². The van der Waals surface area contributed by atoms with Crippen molar-refractivity contribution >= 4 is 18.4 Å². The molecular weight excluding hydrogens is 434 g/mol. The molecule has 3 aromatic carbocycles. The number of piperidine rings is 1. The molecular formula is C28H32ClNO3. The van der Waals surface area contributed by atoms with E-state index in [4.69, 9.17) is 9.84 Å². The van der Waals surface area contributed by atoms with Crippen LogP contribution in [0.2, 0.25) is 0 Å². The second-order valence-corrected chi connectivity index (χ2v) is 8.57. The maximum absolute atomic E-state index is 11.0. The highest BCUT2D eigenvalue weighted by molar-refractivity contribution is 5.87. The molecule has 174 valence electrons. The van der Waals surface area contributed by atoms with Crippen LogP contribution in [0.15, 0.2) is 84.9 Å². The Morgan fingerprint density at radius 3 is 1.94 bits per heavy atom. The fourth-order valence-electron chi connectivity index (χ4n) is 4.35. The summed E-state index contributed by atoms with van der Waals surface area (Å²) in [6, 6.07) is 28.2. The zero-order valence-electron chi connectivity index (χ0n) is 18.8. The van der Waals surface area contributed by atoms with Crippen LogP contribution in [0.1, 0.15) is 46.0 Å². The molecule has 0 spiro atoms. The van der Waals surface area contributed by atoms with E-state index in [0.717, 1.165) is 45.5 Å². The number of rotatable bonds is 9. The largest absolute Gasteiger partial charge is 0.478 e. The van der Waals surface area contributed by atoms with Crippen molar-refractivity contribution in [3.63, 3.8) is 0 Å². The Hall–Kier alpha value is -2.66. The summed E-state index contributed by atoms with van der Waals surface area (Å²) in [6.07, 6.45) is 3.22. The highest BCUT2D eigenvalue weighted by Gasteiger charge is 2.22. The molecule has 1 aliphatic heterocycles. The number of likely N-dealkylation sites (tertiary alicyclic amines) is 1. The second-order valence-electron chi connectivity index (χ2n) is 8.57. The van der Waals surface area contributed by atoms with Crippen molar-refractivity contribution in [3.05, 3.63) is 107 Å². The smallest absolute Gasteiger partial charge is 0.335 e. The van der Waals surface area contributed by atoms with Crippen molar-refractivity contribution in [1.29, 1.82) is 0 Å². The maximum Gasteiger partial charge on any atom is 0.335 e. The van der Waals surface area contributed by atoms with E-state index in [1.165, 1.54) is 16.7 Å². The first-order valence-electron chi connectivity index (χ1n) is 11.4. The topological polar surface area (TPSA) is 49.8 Å². The van der Waals surface area contributed by atoms with Crippen molar-refractivity contribution < 1.29 is 14.6 Å². The van der Waals surface area contributed by atoms with Gasteiger partial charge in [0, 0.05) is 6.54 Å². The standard InChI is InChI=1S/C28H31NO3.ClH/c30-28(31)26-13-11-22(12-14-26)15-18-29-19-16-23(17-20-29)21-32-27(24-7-3-1-4-8-24)25-9-5-2-6-10-25;/h1-14,23,27H,15-21H2,(H,30,31);1H. The van der Waals surface area contributed by atoms with Crippen molar-refractivity contribution in [2.75, 3.05) is 26.2 Å². The van der Waals surface area contributed by atoms with E-state index in [0.29, 0.717) is 11.5 Å². The van der Waals surface area contributed by atoms with Gasteiger partial charge in [-0.2, -0.15) is 0 Å². The van der Waals surface area contributed by atoms with E-state index in [1.807, 2.05) is 24.3 Å². The van der Waals surface area contributed by atoms with E-state index in [2.05, 4.69) is 53.4 Å². The van der Waals surface area contributed by atoms with Crippen molar-refractivity contribution in [2.45, 2.75) is 25.4 Å². The third-order valence-electron chi connectivity index (χ3n) is 6.33. The Kier molecular flexibility index (Phi) is 9.49. The summed E-state index contributed by atoms with van der Waals surface area (Å²) in [5.41, 5.74) is 3.93. The lowest BCUT2D eigenvalue weighted by molar-refractivity contribution is 0.0311. The summed E-state index contributed by atoms with van der Waals surface area (Å²) in [5, 5.41) is 9.02. The van der Waals surface area contributed by atoms with Crippen LogP contribution in [0.25, 0.3) is 0 Å². The zero-order chi connectivity index (χ0) is 22.2. The number of ether oxygens (including phenoxy) is 1. The van der Waals surface area contributed by atoms with Gasteiger partial charge in [0.05, 0.1) is 12.2 Å². The Balaban J connectivity index is 0.00000306. The lowest BCUT2D eigenvalue weighted by Crippen LogP contribution is -2.36. The summed E-state index contributed by atoms with van der Waals surface area (Å²) >= 11 is 0. The Morgan fingerprint density at radius 1 is 0.879 bits per heavy atom. The average Bonchev–Trinajstić information content (AvgIpc) is 2.85. The predicted molar refractivity (Wildman–Crippen MR) is 134 cm³/mol. The molecule has 0 saturated carbocycles. The quantitative estimate of drug-likeness (QED) is 0.429. The summed E-state index contributed by atoms with van der Waals surface area (Å²) in [5.74, 6) is -0.293. The van der Waals surface area contributed by atoms with Crippen molar-refractivity contribution in [1.82, 2.24) is 4.90 Å². The Morgan fingerprint density at radius 2 is 1.42 bits per heavy atom. The number of halogens is 1. The van der Waals surface area contributed by atoms with Crippen LogP contribution in [0.5, 0.6) is 0 Å². The fourth-order valence-corrected chi connectivity index (χ4v) is 4.35. The van der Waals surface area contributed by atoms with Gasteiger partial charge in [0.1, 0.15) is 6.10 Å². The lowest BCUT2D eigenvalue weighted by atomic mass is 9.96. The number of carboxylic acids is 1. The van der Waals surface area contributed by atoms with E-state index < -0.39 is 5.97 Å². The molecule has 0 aliphatic carbocycles. The van der Waals surface area contributed by atoms with Gasteiger partial charge in [0.15, 0.2) is 0 Å². The fraction of sp³-hybridized carbons (Fsp3) is 0.321. The predicted octanol–water partition coefficient (Wildman–Crippen LogP) is 5.87. The zero-order valence-corrected chi connectivity index (χ0v) is 19.6. The molecule has 0 atom stereocenters. The number of nitrogens with zero attached hydrogens (tertiary/aromatic N) is 1. The number of hydrogen-bond donors (Lipinski definition) is 1. The van der Waals surface area contributed by atoms with Crippen LogP contribution in [0, 0.1) is 5.92 Å². The summed E-state index contributed by atoms with van der Waals surface area (Å²) < 4.78 is 6.48. The van der Waals surface area contributed by atoms with Crippen LogP contribution >= 0.6 is 12.4 Å². The minimum atomic E-state index is -0.873. The summed E-state index contributed by atoms with van der Waals surface area (Å²) in [7, 11) is 0. The van der Waals surface area contributed by atoms with Crippen LogP contribution in [-0.2, 0) is 11.2 Å². The molecule has 1 aliphatic rings. The summed E-state index contributed by atoms with van der Waals surface area (Å²) in [4.78, 5) is 13.5. The van der Waals surface area contributed by atoms with Crippen LogP contribution in [0.3, 0.4) is 0 Å². The molecule has 1 N–H and O–H groups in total. The third-order valence-corrected chi connectivity index (χ3v) is 6.33. The molecule has 0 radical (unpaired) electrons. The molecule has 0 aromatic heterocycles. The number of benzene rings is 3. The second kappa shape index (κ2) is 12.5. The molecule has 4 nitrogen and oxygen atoms in total. The van der Waals surface area contributed by atoms with Crippen molar-refractivity contribution in [3.8, 4) is 0 Å². The molecule has 1 saturated heterocycles. The molecule has 1 heterocycles. The highest BCUT2D eigenvalue weighted by atomic mass is 35.5. The number of hydrogen-bond acceptors (Lipinski definition) is 3. The molecule has 33 heavy (non-hydrogen) atoms. The number of carbonyl (C=O) groups is 1. The van der Waals surface area contributed by atoms with Gasteiger partial charge in [-0.3, -0.25) is 0 Å². The number of aromatic carboxylic acids is 1. The first kappa shape index (κ1) is 25.0. The van der Waals surface area contributed by atoms with Gasteiger partial charge in [-0.25, -0.2) is 4.79 Å². The van der Waals surface area contributed by atoms with Gasteiger partial charge in [0.25, 0.3) is 0 Å². The Bertz CT molecular complexity index is 932. The summed E-state index contributed by atoms with van der Waals surface area (Å²) in [6.45, 7) is 3.96. The van der Waals surface area contributed by atoms with Crippen LogP contribution < -0.4 is 0 Å². The molecule has 0 bridgehead atoms. The molecule has 4 rings (SSSR count). The van der Waals surface area contributed by atoms with Crippen LogP contribution in [-0.4, -0.2) is 42.2 Å². The maximum atomic E-state index is 11.0.